The third kappa shape index (κ3) is 2.59. The summed E-state index contributed by atoms with van der Waals surface area (Å²) in [6, 6.07) is 8.17. The van der Waals surface area contributed by atoms with Crippen LogP contribution in [0.25, 0.3) is 0 Å². The van der Waals surface area contributed by atoms with Crippen LogP contribution in [0.1, 0.15) is 24.0 Å². The minimum absolute atomic E-state index is 0.0422. The van der Waals surface area contributed by atoms with Crippen LogP contribution in [-0.2, 0) is 17.8 Å². The predicted octanol–water partition coefficient (Wildman–Crippen LogP) is 1.02. The molecule has 1 aromatic carbocycles. The zero-order valence-corrected chi connectivity index (χ0v) is 14.1. The maximum absolute atomic E-state index is 12.9. The summed E-state index contributed by atoms with van der Waals surface area (Å²) in [7, 11) is 2.05. The summed E-state index contributed by atoms with van der Waals surface area (Å²) < 4.78 is 0. The summed E-state index contributed by atoms with van der Waals surface area (Å²) in [4.78, 5) is 31.1. The Kier molecular flexibility index (Phi) is 3.81. The van der Waals surface area contributed by atoms with Gasteiger partial charge in [-0.05, 0) is 37.4 Å². The number of nitrogens with zero attached hydrogens (tertiary/aromatic N) is 3. The maximum atomic E-state index is 12.9. The van der Waals surface area contributed by atoms with Crippen molar-refractivity contribution in [1.82, 2.24) is 20.0 Å². The number of urea groups is 1. The normalized spacial score (nSPS) is 24.3. The molecule has 2 saturated heterocycles. The number of hydrogen-bond acceptors (Lipinski definition) is 4. The summed E-state index contributed by atoms with van der Waals surface area (Å²) in [5.74, 6) is -0.0422. The molecule has 24 heavy (non-hydrogen) atoms. The molecule has 3 amide bonds. The quantitative estimate of drug-likeness (QED) is 0.824. The number of imide groups is 1. The van der Waals surface area contributed by atoms with Crippen molar-refractivity contribution in [1.29, 1.82) is 0 Å². The summed E-state index contributed by atoms with van der Waals surface area (Å²) in [6.07, 6.45) is 2.37. The minimum Gasteiger partial charge on any atom is -0.323 e. The summed E-state index contributed by atoms with van der Waals surface area (Å²) >= 11 is 0. The Morgan fingerprint density at radius 2 is 1.79 bits per heavy atom. The Morgan fingerprint density at radius 3 is 2.54 bits per heavy atom. The highest BCUT2D eigenvalue weighted by Gasteiger charge is 2.52. The average Bonchev–Trinajstić information content (AvgIpc) is 2.82. The molecule has 3 heterocycles. The predicted molar refractivity (Wildman–Crippen MR) is 90.3 cm³/mol. The number of amides is 3. The number of fused-ring (bicyclic) bond motifs is 1. The molecule has 1 spiro atoms. The molecule has 0 aliphatic carbocycles. The van der Waals surface area contributed by atoms with Gasteiger partial charge in [0.2, 0.25) is 0 Å². The van der Waals surface area contributed by atoms with E-state index in [0.717, 1.165) is 32.6 Å². The molecule has 3 aliphatic heterocycles. The highest BCUT2D eigenvalue weighted by Crippen LogP contribution is 2.29. The number of piperidine rings is 1. The van der Waals surface area contributed by atoms with Gasteiger partial charge in [0.05, 0.1) is 6.67 Å². The van der Waals surface area contributed by atoms with E-state index in [1.807, 2.05) is 6.07 Å². The second-order valence-corrected chi connectivity index (χ2v) is 7.26. The smallest absolute Gasteiger partial charge is 0.323 e. The Labute approximate surface area is 142 Å². The number of nitrogens with one attached hydrogen (secondary N) is 1. The van der Waals surface area contributed by atoms with Crippen molar-refractivity contribution in [3.05, 3.63) is 35.4 Å². The van der Waals surface area contributed by atoms with Crippen molar-refractivity contribution in [3.8, 4) is 0 Å². The van der Waals surface area contributed by atoms with E-state index in [4.69, 9.17) is 0 Å². The second kappa shape index (κ2) is 5.86. The summed E-state index contributed by atoms with van der Waals surface area (Å²) in [6.45, 7) is 3.75. The average molecular weight is 328 g/mol. The second-order valence-electron chi connectivity index (χ2n) is 7.26. The first kappa shape index (κ1) is 15.6. The number of carbonyl (C=O) groups is 2. The van der Waals surface area contributed by atoms with Gasteiger partial charge in [-0.25, -0.2) is 9.69 Å². The van der Waals surface area contributed by atoms with Gasteiger partial charge >= 0.3 is 6.03 Å². The zero-order valence-electron chi connectivity index (χ0n) is 14.1. The number of benzene rings is 1. The van der Waals surface area contributed by atoms with E-state index < -0.39 is 5.54 Å². The highest BCUT2D eigenvalue weighted by atomic mass is 16.2. The molecular formula is C18H24N4O2. The molecule has 0 aromatic heterocycles. The number of hydrogen-bond donors (Lipinski definition) is 1. The Balaban J connectivity index is 1.46. The molecule has 0 radical (unpaired) electrons. The van der Waals surface area contributed by atoms with Crippen LogP contribution in [-0.4, -0.2) is 65.5 Å². The topological polar surface area (TPSA) is 55.9 Å². The van der Waals surface area contributed by atoms with E-state index in [-0.39, 0.29) is 11.9 Å². The molecule has 0 unspecified atom stereocenters. The standard InChI is InChI=1S/C18H24N4O2/c1-20-10-7-18(8-11-20)16(23)22(17(24)19-18)13-21-9-6-14-4-2-3-5-15(14)12-21/h2-5H,6-13H2,1H3,(H,19,24). The van der Waals surface area contributed by atoms with Gasteiger partial charge in [0, 0.05) is 26.2 Å². The lowest BCUT2D eigenvalue weighted by Gasteiger charge is -2.36. The molecule has 1 aromatic rings. The van der Waals surface area contributed by atoms with Crippen LogP contribution in [0.2, 0.25) is 0 Å². The van der Waals surface area contributed by atoms with Crippen molar-refractivity contribution >= 4 is 11.9 Å². The van der Waals surface area contributed by atoms with E-state index in [0.29, 0.717) is 19.5 Å². The lowest BCUT2D eigenvalue weighted by molar-refractivity contribution is -0.134. The van der Waals surface area contributed by atoms with Gasteiger partial charge in [0.1, 0.15) is 5.54 Å². The van der Waals surface area contributed by atoms with Crippen molar-refractivity contribution in [3.63, 3.8) is 0 Å². The Morgan fingerprint density at radius 1 is 1.08 bits per heavy atom. The number of rotatable bonds is 2. The van der Waals surface area contributed by atoms with Crippen molar-refractivity contribution < 1.29 is 9.59 Å². The SMILES string of the molecule is CN1CCC2(CC1)NC(=O)N(CN1CCc3ccccc3C1)C2=O. The van der Waals surface area contributed by atoms with Crippen LogP contribution < -0.4 is 5.32 Å². The van der Waals surface area contributed by atoms with Crippen LogP contribution >= 0.6 is 0 Å². The van der Waals surface area contributed by atoms with E-state index in [1.54, 1.807) is 0 Å². The van der Waals surface area contributed by atoms with Gasteiger partial charge in [-0.2, -0.15) is 0 Å². The molecule has 0 saturated carbocycles. The molecule has 3 aliphatic rings. The van der Waals surface area contributed by atoms with Gasteiger partial charge in [0.25, 0.3) is 5.91 Å². The number of carbonyl (C=O) groups excluding carboxylic acids is 2. The largest absolute Gasteiger partial charge is 0.326 e. The first-order valence-electron chi connectivity index (χ1n) is 8.69. The molecule has 4 rings (SSSR count). The van der Waals surface area contributed by atoms with E-state index in [2.05, 4.69) is 40.4 Å². The fraction of sp³-hybridized carbons (Fsp3) is 0.556. The molecule has 1 N–H and O–H groups in total. The fourth-order valence-corrected chi connectivity index (χ4v) is 4.02. The van der Waals surface area contributed by atoms with Gasteiger partial charge in [0.15, 0.2) is 0 Å². The van der Waals surface area contributed by atoms with Gasteiger partial charge in [-0.15, -0.1) is 0 Å². The Bertz CT molecular complexity index is 667. The van der Waals surface area contributed by atoms with Gasteiger partial charge < -0.3 is 10.2 Å². The fourth-order valence-electron chi connectivity index (χ4n) is 4.02. The lowest BCUT2D eigenvalue weighted by Crippen LogP contribution is -2.54. The van der Waals surface area contributed by atoms with Crippen molar-refractivity contribution in [2.24, 2.45) is 0 Å². The van der Waals surface area contributed by atoms with Crippen LogP contribution in [0.15, 0.2) is 24.3 Å². The first-order valence-corrected chi connectivity index (χ1v) is 8.69. The molecule has 2 fully saturated rings. The van der Waals surface area contributed by atoms with Gasteiger partial charge in [-0.3, -0.25) is 9.69 Å². The van der Waals surface area contributed by atoms with Gasteiger partial charge in [-0.1, -0.05) is 24.3 Å². The third-order valence-electron chi connectivity index (χ3n) is 5.64. The lowest BCUT2D eigenvalue weighted by atomic mass is 9.88. The third-order valence-corrected chi connectivity index (χ3v) is 5.64. The van der Waals surface area contributed by atoms with Crippen LogP contribution in [0.3, 0.4) is 0 Å². The maximum Gasteiger partial charge on any atom is 0.326 e. The van der Waals surface area contributed by atoms with Crippen molar-refractivity contribution in [2.45, 2.75) is 31.3 Å². The van der Waals surface area contributed by atoms with E-state index >= 15 is 0 Å². The molecule has 6 heteroatoms. The summed E-state index contributed by atoms with van der Waals surface area (Å²) in [5, 5.41) is 2.98. The Hall–Kier alpha value is -1.92. The van der Waals surface area contributed by atoms with E-state index in [9.17, 15) is 9.59 Å². The monoisotopic (exact) mass is 328 g/mol. The summed E-state index contributed by atoms with van der Waals surface area (Å²) in [5.41, 5.74) is 2.00. The van der Waals surface area contributed by atoms with E-state index in [1.165, 1.54) is 16.0 Å². The highest BCUT2D eigenvalue weighted by molar-refractivity contribution is 6.07. The molecule has 0 atom stereocenters. The first-order chi connectivity index (χ1) is 11.6. The number of likely N-dealkylation sites (tertiary alicyclic amines) is 1. The molecule has 128 valence electrons. The van der Waals surface area contributed by atoms with Crippen molar-refractivity contribution in [2.75, 3.05) is 33.4 Å². The van der Waals surface area contributed by atoms with Crippen LogP contribution in [0, 0.1) is 0 Å². The van der Waals surface area contributed by atoms with Crippen LogP contribution in [0.4, 0.5) is 4.79 Å². The minimum atomic E-state index is -0.669. The van der Waals surface area contributed by atoms with Crippen LogP contribution in [0.5, 0.6) is 0 Å². The zero-order chi connectivity index (χ0) is 16.7. The molecule has 6 nitrogen and oxygen atoms in total. The molecule has 0 bridgehead atoms. The molecular weight excluding hydrogens is 304 g/mol.